The van der Waals surface area contributed by atoms with E-state index in [4.69, 9.17) is 0 Å². The van der Waals surface area contributed by atoms with Gasteiger partial charge in [0.1, 0.15) is 6.54 Å². The van der Waals surface area contributed by atoms with Gasteiger partial charge in [-0.2, -0.15) is 8.42 Å². The van der Waals surface area contributed by atoms with Crippen molar-refractivity contribution in [2.45, 2.75) is 0 Å². The molecule has 0 unspecified atom stereocenters. The SMILES string of the molecule is O=C1C[N]S(=O)(=O)N1. The van der Waals surface area contributed by atoms with E-state index in [1.807, 2.05) is 0 Å². The Bertz CT molecular complexity index is 205. The Morgan fingerprint density at radius 3 is 2.38 bits per heavy atom. The minimum absolute atomic E-state index is 0.262. The summed E-state index contributed by atoms with van der Waals surface area (Å²) in [6.07, 6.45) is 0. The number of rotatable bonds is 0. The van der Waals surface area contributed by atoms with E-state index in [1.165, 1.54) is 0 Å². The second-order valence-electron chi connectivity index (χ2n) is 1.29. The molecule has 0 aromatic carbocycles. The lowest BCUT2D eigenvalue weighted by Gasteiger charge is -1.83. The fourth-order valence-corrected chi connectivity index (χ4v) is 1.06. The third-order valence-corrected chi connectivity index (χ3v) is 1.58. The number of hydrogen-bond donors (Lipinski definition) is 1. The van der Waals surface area contributed by atoms with Crippen LogP contribution in [-0.4, -0.2) is 20.9 Å². The van der Waals surface area contributed by atoms with Gasteiger partial charge in [0.05, 0.1) is 0 Å². The summed E-state index contributed by atoms with van der Waals surface area (Å²) in [5.74, 6) is -0.565. The van der Waals surface area contributed by atoms with E-state index in [-0.39, 0.29) is 6.54 Å². The molecule has 1 aliphatic heterocycles. The van der Waals surface area contributed by atoms with Crippen LogP contribution in [0, 0.1) is 0 Å². The molecule has 0 aromatic heterocycles. The van der Waals surface area contributed by atoms with Crippen molar-refractivity contribution in [3.8, 4) is 0 Å². The average molecular weight is 135 g/mol. The smallest absolute Gasteiger partial charge is 0.272 e. The van der Waals surface area contributed by atoms with Crippen molar-refractivity contribution in [2.24, 2.45) is 0 Å². The van der Waals surface area contributed by atoms with E-state index >= 15 is 0 Å². The summed E-state index contributed by atoms with van der Waals surface area (Å²) in [5, 5.41) is 0. The number of nitrogens with one attached hydrogen (secondary N) is 1. The van der Waals surface area contributed by atoms with Crippen LogP contribution in [0.3, 0.4) is 0 Å². The molecule has 0 aliphatic carbocycles. The molecule has 0 saturated carbocycles. The summed E-state index contributed by atoms with van der Waals surface area (Å²) in [7, 11) is -3.57. The summed E-state index contributed by atoms with van der Waals surface area (Å²) >= 11 is 0. The van der Waals surface area contributed by atoms with Gasteiger partial charge in [0.15, 0.2) is 0 Å². The quantitative estimate of drug-likeness (QED) is 0.416. The number of carbonyl (C=O) groups is 1. The topological polar surface area (TPSA) is 77.3 Å². The van der Waals surface area contributed by atoms with Gasteiger partial charge in [-0.15, -0.1) is 0 Å². The first-order valence-corrected chi connectivity index (χ1v) is 3.28. The summed E-state index contributed by atoms with van der Waals surface area (Å²) in [6.45, 7) is -0.262. The predicted octanol–water partition coefficient (Wildman–Crippen LogP) is -2.03. The van der Waals surface area contributed by atoms with E-state index in [9.17, 15) is 13.2 Å². The molecule has 1 radical (unpaired) electrons. The Labute approximate surface area is 46.3 Å². The van der Waals surface area contributed by atoms with E-state index < -0.39 is 16.1 Å². The molecule has 1 aliphatic rings. The van der Waals surface area contributed by atoms with Crippen LogP contribution in [0.2, 0.25) is 0 Å². The first-order chi connectivity index (χ1) is 3.60. The van der Waals surface area contributed by atoms with Gasteiger partial charge in [-0.05, 0) is 0 Å². The highest BCUT2D eigenvalue weighted by atomic mass is 32.2. The molecule has 1 heterocycles. The van der Waals surface area contributed by atoms with Crippen molar-refractivity contribution in [1.82, 2.24) is 9.44 Å². The van der Waals surface area contributed by atoms with E-state index in [2.05, 4.69) is 4.72 Å². The second-order valence-corrected chi connectivity index (χ2v) is 2.70. The molecule has 0 spiro atoms. The monoisotopic (exact) mass is 135 g/mol. The van der Waals surface area contributed by atoms with Crippen LogP contribution in [0.4, 0.5) is 0 Å². The minimum Gasteiger partial charge on any atom is -0.272 e. The summed E-state index contributed by atoms with van der Waals surface area (Å²) in [4.78, 5) is 10.1. The normalized spacial score (nSPS) is 25.2. The Hall–Kier alpha value is -0.620. The van der Waals surface area contributed by atoms with E-state index in [0.29, 0.717) is 0 Å². The van der Waals surface area contributed by atoms with Gasteiger partial charge in [0.2, 0.25) is 0 Å². The zero-order valence-electron chi connectivity index (χ0n) is 3.79. The summed E-state index contributed by atoms with van der Waals surface area (Å²) < 4.78 is 24.9. The van der Waals surface area contributed by atoms with Gasteiger partial charge >= 0.3 is 10.2 Å². The van der Waals surface area contributed by atoms with Crippen LogP contribution >= 0.6 is 0 Å². The van der Waals surface area contributed by atoms with Gasteiger partial charge in [0.25, 0.3) is 5.91 Å². The zero-order valence-corrected chi connectivity index (χ0v) is 4.60. The fraction of sp³-hybridized carbons (Fsp3) is 0.500. The lowest BCUT2D eigenvalue weighted by atomic mass is 10.7. The van der Waals surface area contributed by atoms with Crippen LogP contribution < -0.4 is 9.44 Å². The highest BCUT2D eigenvalue weighted by molar-refractivity contribution is 7.88. The first kappa shape index (κ1) is 5.52. The van der Waals surface area contributed by atoms with Crippen molar-refractivity contribution in [3.63, 3.8) is 0 Å². The highest BCUT2D eigenvalue weighted by Crippen LogP contribution is 1.86. The third kappa shape index (κ3) is 0.958. The Morgan fingerprint density at radius 1 is 1.62 bits per heavy atom. The molecule has 0 atom stereocenters. The van der Waals surface area contributed by atoms with Crippen LogP contribution in [0.25, 0.3) is 0 Å². The van der Waals surface area contributed by atoms with Crippen LogP contribution in [0.1, 0.15) is 0 Å². The van der Waals surface area contributed by atoms with Crippen molar-refractivity contribution >= 4 is 16.1 Å². The molecule has 1 fully saturated rings. The van der Waals surface area contributed by atoms with Crippen LogP contribution in [-0.2, 0) is 15.0 Å². The Morgan fingerprint density at radius 2 is 2.25 bits per heavy atom. The molecular weight excluding hydrogens is 132 g/mol. The van der Waals surface area contributed by atoms with Gasteiger partial charge in [-0.1, -0.05) is 4.72 Å². The average Bonchev–Trinajstić information content (AvgIpc) is 1.82. The first-order valence-electron chi connectivity index (χ1n) is 1.84. The van der Waals surface area contributed by atoms with E-state index in [1.54, 1.807) is 4.72 Å². The fourth-order valence-electron chi connectivity index (χ4n) is 0.352. The molecule has 6 heteroatoms. The van der Waals surface area contributed by atoms with Crippen LogP contribution in [0.15, 0.2) is 0 Å². The number of amides is 1. The largest absolute Gasteiger partial charge is 0.318 e. The molecule has 45 valence electrons. The maximum atomic E-state index is 10.1. The van der Waals surface area contributed by atoms with Crippen molar-refractivity contribution in [2.75, 3.05) is 6.54 Å². The Kier molecular flexibility index (Phi) is 0.983. The molecule has 1 saturated heterocycles. The lowest BCUT2D eigenvalue weighted by Crippen LogP contribution is -2.21. The molecule has 1 N–H and O–H groups in total. The molecule has 1 amide bonds. The number of hydrogen-bond acceptors (Lipinski definition) is 3. The van der Waals surface area contributed by atoms with Crippen molar-refractivity contribution in [1.29, 1.82) is 0 Å². The van der Waals surface area contributed by atoms with Gasteiger partial charge in [0, 0.05) is 0 Å². The minimum atomic E-state index is -3.57. The number of nitrogens with zero attached hydrogens (tertiary/aromatic N) is 1. The summed E-state index contributed by atoms with van der Waals surface area (Å²) in [6, 6.07) is 0. The summed E-state index contributed by atoms with van der Waals surface area (Å²) in [5.41, 5.74) is 0. The molecule has 0 bridgehead atoms. The standard InChI is InChI=1S/C2H3N2O3S/c5-2-1-3-8(6,7)4-2/h1H2,(H,4,5). The molecule has 0 aromatic rings. The molecule has 1 rings (SSSR count). The van der Waals surface area contributed by atoms with Crippen molar-refractivity contribution in [3.05, 3.63) is 0 Å². The Balaban J connectivity index is 2.86. The zero-order chi connectivity index (χ0) is 6.20. The van der Waals surface area contributed by atoms with Gasteiger partial charge < -0.3 is 0 Å². The van der Waals surface area contributed by atoms with Crippen LogP contribution in [0.5, 0.6) is 0 Å². The molecule has 8 heavy (non-hydrogen) atoms. The van der Waals surface area contributed by atoms with Gasteiger partial charge in [-0.25, -0.2) is 4.72 Å². The number of carbonyl (C=O) groups excluding carboxylic acids is 1. The molecular formula is C2H3N2O3S. The van der Waals surface area contributed by atoms with E-state index in [0.717, 1.165) is 0 Å². The second kappa shape index (κ2) is 1.43. The van der Waals surface area contributed by atoms with Crippen molar-refractivity contribution < 1.29 is 13.2 Å². The third-order valence-electron chi connectivity index (χ3n) is 0.621. The predicted molar refractivity (Wildman–Crippen MR) is 24.1 cm³/mol. The molecule has 5 nitrogen and oxygen atoms in total. The highest BCUT2D eigenvalue weighted by Gasteiger charge is 2.23. The lowest BCUT2D eigenvalue weighted by molar-refractivity contribution is -0.117. The maximum Gasteiger partial charge on any atom is 0.318 e. The maximum absolute atomic E-state index is 10.1. The van der Waals surface area contributed by atoms with Gasteiger partial charge in [-0.3, -0.25) is 4.79 Å².